The van der Waals surface area contributed by atoms with Gasteiger partial charge in [0.15, 0.2) is 0 Å². The fourth-order valence-corrected chi connectivity index (χ4v) is 3.68. The summed E-state index contributed by atoms with van der Waals surface area (Å²) in [6.07, 6.45) is 3.74. The number of hydrogen-bond donors (Lipinski definition) is 3. The maximum Gasteiger partial charge on any atom is 0.232 e. The van der Waals surface area contributed by atoms with E-state index >= 15 is 0 Å². The highest BCUT2D eigenvalue weighted by Gasteiger charge is 2.34. The summed E-state index contributed by atoms with van der Waals surface area (Å²) in [5.41, 5.74) is 2.15. The van der Waals surface area contributed by atoms with Crippen LogP contribution in [0.3, 0.4) is 0 Å². The van der Waals surface area contributed by atoms with Crippen molar-refractivity contribution in [2.24, 2.45) is 13.0 Å². The molecule has 0 bridgehead atoms. The first-order valence-electron chi connectivity index (χ1n) is 8.48. The Morgan fingerprint density at radius 2 is 1.96 bits per heavy atom. The quantitative estimate of drug-likeness (QED) is 0.700. The molecule has 1 aliphatic rings. The van der Waals surface area contributed by atoms with Gasteiger partial charge in [-0.05, 0) is 36.8 Å². The molecule has 1 saturated heterocycles. The van der Waals surface area contributed by atoms with Crippen molar-refractivity contribution in [3.8, 4) is 0 Å². The van der Waals surface area contributed by atoms with Gasteiger partial charge in [0.2, 0.25) is 15.9 Å². The van der Waals surface area contributed by atoms with Crippen LogP contribution in [0.2, 0.25) is 0 Å². The SMILES string of the molecule is CCS(=O)(=O)Nc1ccc(NC(=O)[C@H]2CNC[C@@H]2c2cnn(C)c2)cc1. The van der Waals surface area contributed by atoms with Gasteiger partial charge in [-0.3, -0.25) is 14.2 Å². The monoisotopic (exact) mass is 377 g/mol. The Hall–Kier alpha value is -2.39. The molecule has 0 radical (unpaired) electrons. The van der Waals surface area contributed by atoms with Crippen molar-refractivity contribution in [2.45, 2.75) is 12.8 Å². The summed E-state index contributed by atoms with van der Waals surface area (Å²) in [4.78, 5) is 12.7. The molecule has 3 N–H and O–H groups in total. The second-order valence-corrected chi connectivity index (χ2v) is 8.40. The predicted octanol–water partition coefficient (Wildman–Crippen LogP) is 1.12. The second-order valence-electron chi connectivity index (χ2n) is 6.39. The van der Waals surface area contributed by atoms with E-state index in [1.165, 1.54) is 0 Å². The number of hydrogen-bond acceptors (Lipinski definition) is 5. The van der Waals surface area contributed by atoms with E-state index in [0.717, 1.165) is 12.1 Å². The summed E-state index contributed by atoms with van der Waals surface area (Å²) >= 11 is 0. The van der Waals surface area contributed by atoms with Crippen LogP contribution >= 0.6 is 0 Å². The number of carbonyl (C=O) groups excluding carboxylic acids is 1. The molecule has 2 atom stereocenters. The summed E-state index contributed by atoms with van der Waals surface area (Å²) in [5, 5.41) is 10.4. The lowest BCUT2D eigenvalue weighted by molar-refractivity contribution is -0.119. The first-order valence-corrected chi connectivity index (χ1v) is 10.1. The second kappa shape index (κ2) is 7.46. The van der Waals surface area contributed by atoms with Gasteiger partial charge in [-0.15, -0.1) is 0 Å². The molecule has 1 aromatic carbocycles. The van der Waals surface area contributed by atoms with Gasteiger partial charge in [0.05, 0.1) is 17.9 Å². The van der Waals surface area contributed by atoms with Crippen LogP contribution in [0.1, 0.15) is 18.4 Å². The topological polar surface area (TPSA) is 105 Å². The van der Waals surface area contributed by atoms with Crippen molar-refractivity contribution < 1.29 is 13.2 Å². The molecule has 140 valence electrons. The Morgan fingerprint density at radius 3 is 2.58 bits per heavy atom. The maximum atomic E-state index is 12.7. The molecule has 0 aliphatic carbocycles. The number of aromatic nitrogens is 2. The van der Waals surface area contributed by atoms with Crippen LogP contribution in [0.5, 0.6) is 0 Å². The number of aryl methyl sites for hydroxylation is 1. The number of benzene rings is 1. The molecular formula is C17H23N5O3S. The van der Waals surface area contributed by atoms with E-state index in [9.17, 15) is 13.2 Å². The third-order valence-corrected chi connectivity index (χ3v) is 5.82. The lowest BCUT2D eigenvalue weighted by Gasteiger charge is -2.17. The molecule has 1 aliphatic heterocycles. The summed E-state index contributed by atoms with van der Waals surface area (Å²) in [6.45, 7) is 2.92. The zero-order valence-corrected chi connectivity index (χ0v) is 15.6. The number of sulfonamides is 1. The van der Waals surface area contributed by atoms with E-state index < -0.39 is 10.0 Å². The van der Waals surface area contributed by atoms with E-state index in [2.05, 4.69) is 20.5 Å². The standard InChI is InChI=1S/C17H23N5O3S/c1-3-26(24,25)21-14-6-4-13(5-7-14)20-17(23)16-10-18-9-15(16)12-8-19-22(2)11-12/h4-8,11,15-16,18,21H,3,9-10H2,1-2H3,(H,20,23)/t15-,16+/m1/s1. The molecule has 8 nitrogen and oxygen atoms in total. The number of anilines is 2. The Kier molecular flexibility index (Phi) is 5.28. The Labute approximate surface area is 153 Å². The Morgan fingerprint density at radius 1 is 1.27 bits per heavy atom. The molecule has 2 heterocycles. The van der Waals surface area contributed by atoms with Crippen LogP contribution in [-0.2, 0) is 21.9 Å². The highest BCUT2D eigenvalue weighted by atomic mass is 32.2. The van der Waals surface area contributed by atoms with Crippen LogP contribution < -0.4 is 15.4 Å². The zero-order chi connectivity index (χ0) is 18.7. The molecule has 2 aromatic rings. The van der Waals surface area contributed by atoms with Crippen LogP contribution in [0.15, 0.2) is 36.7 Å². The molecule has 26 heavy (non-hydrogen) atoms. The fraction of sp³-hybridized carbons (Fsp3) is 0.412. The number of carbonyl (C=O) groups is 1. The molecular weight excluding hydrogens is 354 g/mol. The normalized spacial score (nSPS) is 20.1. The fourth-order valence-electron chi connectivity index (χ4n) is 3.04. The average molecular weight is 377 g/mol. The third-order valence-electron chi connectivity index (χ3n) is 4.51. The van der Waals surface area contributed by atoms with Crippen molar-refractivity contribution in [3.63, 3.8) is 0 Å². The first-order chi connectivity index (χ1) is 12.4. The first kappa shape index (κ1) is 18.4. The average Bonchev–Trinajstić information content (AvgIpc) is 3.25. The van der Waals surface area contributed by atoms with E-state index in [-0.39, 0.29) is 23.5 Å². The van der Waals surface area contributed by atoms with Gasteiger partial charge in [-0.1, -0.05) is 0 Å². The van der Waals surface area contributed by atoms with E-state index in [1.54, 1.807) is 42.1 Å². The van der Waals surface area contributed by atoms with E-state index in [0.29, 0.717) is 17.9 Å². The highest BCUT2D eigenvalue weighted by Crippen LogP contribution is 2.29. The largest absolute Gasteiger partial charge is 0.326 e. The Balaban J connectivity index is 1.66. The molecule has 9 heteroatoms. The minimum absolute atomic E-state index is 0.00982. The molecule has 3 rings (SSSR count). The predicted molar refractivity (Wildman–Crippen MR) is 100 cm³/mol. The van der Waals surface area contributed by atoms with E-state index in [4.69, 9.17) is 0 Å². The van der Waals surface area contributed by atoms with Crippen LogP contribution in [0.4, 0.5) is 11.4 Å². The van der Waals surface area contributed by atoms with Gasteiger partial charge in [0, 0.05) is 43.6 Å². The number of nitrogens with zero attached hydrogens (tertiary/aromatic N) is 2. The van der Waals surface area contributed by atoms with Crippen molar-refractivity contribution in [1.29, 1.82) is 0 Å². The smallest absolute Gasteiger partial charge is 0.232 e. The van der Waals surface area contributed by atoms with Gasteiger partial charge in [0.25, 0.3) is 0 Å². The van der Waals surface area contributed by atoms with Crippen LogP contribution in [-0.4, -0.2) is 42.9 Å². The molecule has 0 saturated carbocycles. The van der Waals surface area contributed by atoms with Gasteiger partial charge >= 0.3 is 0 Å². The molecule has 1 fully saturated rings. The van der Waals surface area contributed by atoms with Crippen molar-refractivity contribution in [1.82, 2.24) is 15.1 Å². The number of nitrogens with one attached hydrogen (secondary N) is 3. The summed E-state index contributed by atoms with van der Waals surface area (Å²) < 4.78 is 27.4. The third kappa shape index (κ3) is 4.23. The van der Waals surface area contributed by atoms with Crippen LogP contribution in [0, 0.1) is 5.92 Å². The molecule has 1 aromatic heterocycles. The molecule has 0 spiro atoms. The lowest BCUT2D eigenvalue weighted by Crippen LogP contribution is -2.28. The summed E-state index contributed by atoms with van der Waals surface area (Å²) in [7, 11) is -1.45. The number of rotatable bonds is 6. The highest BCUT2D eigenvalue weighted by molar-refractivity contribution is 7.92. The maximum absolute atomic E-state index is 12.7. The number of amides is 1. The Bertz CT molecular complexity index is 876. The van der Waals surface area contributed by atoms with Gasteiger partial charge in [0.1, 0.15) is 0 Å². The van der Waals surface area contributed by atoms with Crippen molar-refractivity contribution >= 4 is 27.3 Å². The van der Waals surface area contributed by atoms with Crippen molar-refractivity contribution in [2.75, 3.05) is 28.9 Å². The molecule has 1 amide bonds. The molecule has 0 unspecified atom stereocenters. The summed E-state index contributed by atoms with van der Waals surface area (Å²) in [5.74, 6) is -0.154. The van der Waals surface area contributed by atoms with Crippen LogP contribution in [0.25, 0.3) is 0 Å². The van der Waals surface area contributed by atoms with E-state index in [1.807, 2.05) is 13.2 Å². The summed E-state index contributed by atoms with van der Waals surface area (Å²) in [6, 6.07) is 6.64. The van der Waals surface area contributed by atoms with Crippen molar-refractivity contribution in [3.05, 3.63) is 42.2 Å². The zero-order valence-electron chi connectivity index (χ0n) is 14.8. The lowest BCUT2D eigenvalue weighted by atomic mass is 9.90. The van der Waals surface area contributed by atoms with Gasteiger partial charge < -0.3 is 10.6 Å². The minimum atomic E-state index is -3.31. The van der Waals surface area contributed by atoms with Gasteiger partial charge in [-0.2, -0.15) is 5.10 Å². The minimum Gasteiger partial charge on any atom is -0.326 e. The van der Waals surface area contributed by atoms with Gasteiger partial charge in [-0.25, -0.2) is 8.42 Å².